The van der Waals surface area contributed by atoms with E-state index in [9.17, 15) is 22.9 Å². The number of nitrogens with one attached hydrogen (secondary N) is 1. The normalized spacial score (nSPS) is 13.4. The molecule has 2 atom stereocenters. The fourth-order valence-electron chi connectivity index (χ4n) is 6.66. The van der Waals surface area contributed by atoms with Crippen molar-refractivity contribution >= 4 is 16.0 Å². The monoisotopic (exact) mass is 726 g/mol. The van der Waals surface area contributed by atoms with Gasteiger partial charge in [-0.05, 0) is 44.9 Å². The zero-order valence-corrected chi connectivity index (χ0v) is 33.8. The average molecular weight is 726 g/mol. The average Bonchev–Trinajstić information content (AvgIpc) is 3.08. The van der Waals surface area contributed by atoms with Crippen LogP contribution in [0, 0.1) is 0 Å². The van der Waals surface area contributed by atoms with E-state index in [2.05, 4.69) is 43.5 Å². The van der Waals surface area contributed by atoms with Gasteiger partial charge in [0.15, 0.2) is 0 Å². The molecule has 0 saturated heterocycles. The third kappa shape index (κ3) is 38.1. The molecule has 0 radical (unpaired) electrons. The third-order valence-corrected chi connectivity index (χ3v) is 10.7. The summed E-state index contributed by atoms with van der Waals surface area (Å²) in [5, 5.41) is 13.4. The van der Waals surface area contributed by atoms with Crippen LogP contribution in [-0.2, 0) is 14.9 Å². The Balaban J connectivity index is 3.83. The second-order valence-corrected chi connectivity index (χ2v) is 16.5. The predicted octanol–water partition coefficient (Wildman–Crippen LogP) is 12.7. The Kier molecular flexibility index (Phi) is 36.7. The SMILES string of the molecule is CCCCC/C=C\C/C=C\CCCCCCCC(=O)NC(CS(=O)(=O)O)C(O)CCCCCCCCCCCCCCCCCCCCCC. The zero-order chi connectivity index (χ0) is 36.8. The summed E-state index contributed by atoms with van der Waals surface area (Å²) in [6, 6.07) is -0.976. The van der Waals surface area contributed by atoms with E-state index >= 15 is 0 Å². The number of aliphatic hydroxyl groups excluding tert-OH is 1. The number of carbonyl (C=O) groups excluding carboxylic acids is 1. The maximum absolute atomic E-state index is 12.5. The van der Waals surface area contributed by atoms with E-state index in [0.29, 0.717) is 12.8 Å². The highest BCUT2D eigenvalue weighted by molar-refractivity contribution is 7.85. The van der Waals surface area contributed by atoms with Crippen molar-refractivity contribution in [2.24, 2.45) is 0 Å². The first-order valence-electron chi connectivity index (χ1n) is 21.5. The fraction of sp³-hybridized carbons (Fsp3) is 0.884. The molecule has 296 valence electrons. The van der Waals surface area contributed by atoms with Gasteiger partial charge in [-0.3, -0.25) is 9.35 Å². The van der Waals surface area contributed by atoms with Gasteiger partial charge in [0.05, 0.1) is 17.9 Å². The highest BCUT2D eigenvalue weighted by atomic mass is 32.2. The van der Waals surface area contributed by atoms with Gasteiger partial charge in [0.2, 0.25) is 5.91 Å². The number of allylic oxidation sites excluding steroid dienone is 4. The zero-order valence-electron chi connectivity index (χ0n) is 33.0. The Morgan fingerprint density at radius 2 is 0.900 bits per heavy atom. The number of unbranched alkanes of at least 4 members (excludes halogenated alkanes) is 27. The van der Waals surface area contributed by atoms with Gasteiger partial charge in [-0.15, -0.1) is 0 Å². The molecule has 0 rings (SSSR count). The Morgan fingerprint density at radius 1 is 0.540 bits per heavy atom. The topological polar surface area (TPSA) is 104 Å². The van der Waals surface area contributed by atoms with Gasteiger partial charge in [-0.2, -0.15) is 8.42 Å². The summed E-state index contributed by atoms with van der Waals surface area (Å²) < 4.78 is 32.6. The van der Waals surface area contributed by atoms with Crippen molar-refractivity contribution in [3.05, 3.63) is 24.3 Å². The van der Waals surface area contributed by atoms with Crippen molar-refractivity contribution in [1.29, 1.82) is 0 Å². The van der Waals surface area contributed by atoms with Crippen LogP contribution in [0.25, 0.3) is 0 Å². The van der Waals surface area contributed by atoms with Crippen LogP contribution in [0.3, 0.4) is 0 Å². The van der Waals surface area contributed by atoms with Crippen LogP contribution in [0.1, 0.15) is 226 Å². The summed E-state index contributed by atoms with van der Waals surface area (Å²) in [6.45, 7) is 4.51. The second kappa shape index (κ2) is 37.6. The lowest BCUT2D eigenvalue weighted by Crippen LogP contribution is -2.47. The van der Waals surface area contributed by atoms with E-state index < -0.39 is 28.0 Å². The summed E-state index contributed by atoms with van der Waals surface area (Å²) in [5.74, 6) is -0.909. The summed E-state index contributed by atoms with van der Waals surface area (Å²) in [4.78, 5) is 12.5. The van der Waals surface area contributed by atoms with Gasteiger partial charge >= 0.3 is 0 Å². The molecule has 0 aromatic heterocycles. The minimum absolute atomic E-state index is 0.258. The second-order valence-electron chi connectivity index (χ2n) is 15.0. The van der Waals surface area contributed by atoms with Crippen molar-refractivity contribution in [1.82, 2.24) is 5.32 Å². The number of hydrogen-bond acceptors (Lipinski definition) is 4. The fourth-order valence-corrected chi connectivity index (χ4v) is 7.42. The van der Waals surface area contributed by atoms with Crippen molar-refractivity contribution in [3.8, 4) is 0 Å². The van der Waals surface area contributed by atoms with Crippen LogP contribution in [-0.4, -0.2) is 41.9 Å². The van der Waals surface area contributed by atoms with E-state index in [4.69, 9.17) is 0 Å². The van der Waals surface area contributed by atoms with E-state index in [1.807, 2.05) is 0 Å². The third-order valence-electron chi connectivity index (χ3n) is 9.91. The molecule has 3 N–H and O–H groups in total. The minimum Gasteiger partial charge on any atom is -0.391 e. The molecule has 0 fully saturated rings. The standard InChI is InChI=1S/C43H83NO5S/c1-3-5-7-9-11-13-15-17-19-20-21-22-23-25-26-28-30-32-34-36-38-42(45)41(40-50(47,48)49)44-43(46)39-37-35-33-31-29-27-24-18-16-14-12-10-8-6-4-2/h12,14,18,24,41-42,45H,3-11,13,15-17,19-23,25-40H2,1-2H3,(H,44,46)(H,47,48,49)/b14-12-,24-18-. The maximum atomic E-state index is 12.5. The van der Waals surface area contributed by atoms with E-state index in [0.717, 1.165) is 64.2 Å². The molecule has 0 heterocycles. The molecule has 7 heteroatoms. The van der Waals surface area contributed by atoms with E-state index in [1.165, 1.54) is 135 Å². The highest BCUT2D eigenvalue weighted by Gasteiger charge is 2.26. The van der Waals surface area contributed by atoms with Crippen LogP contribution >= 0.6 is 0 Å². The lowest BCUT2D eigenvalue weighted by Gasteiger charge is -2.23. The van der Waals surface area contributed by atoms with Crippen molar-refractivity contribution in [2.75, 3.05) is 5.75 Å². The predicted molar refractivity (Wildman–Crippen MR) is 216 cm³/mol. The Labute approximate surface area is 311 Å². The van der Waals surface area contributed by atoms with Gasteiger partial charge < -0.3 is 10.4 Å². The number of aliphatic hydroxyl groups is 1. The number of rotatable bonds is 39. The molecule has 0 aromatic carbocycles. The summed E-state index contributed by atoms with van der Waals surface area (Å²) >= 11 is 0. The van der Waals surface area contributed by atoms with Crippen LogP contribution in [0.5, 0.6) is 0 Å². The van der Waals surface area contributed by atoms with E-state index in [-0.39, 0.29) is 5.91 Å². The Hall–Kier alpha value is -1.18. The molecule has 50 heavy (non-hydrogen) atoms. The molecule has 1 amide bonds. The quantitative estimate of drug-likeness (QED) is 0.0332. The molecule has 6 nitrogen and oxygen atoms in total. The minimum atomic E-state index is -4.31. The molecule has 2 unspecified atom stereocenters. The summed E-state index contributed by atoms with van der Waals surface area (Å²) in [6.07, 6.45) is 47.0. The first kappa shape index (κ1) is 48.8. The summed E-state index contributed by atoms with van der Waals surface area (Å²) in [5.41, 5.74) is 0. The van der Waals surface area contributed by atoms with Crippen molar-refractivity contribution in [2.45, 2.75) is 238 Å². The molecular weight excluding hydrogens is 643 g/mol. The smallest absolute Gasteiger partial charge is 0.266 e. The van der Waals surface area contributed by atoms with Gasteiger partial charge in [0, 0.05) is 6.42 Å². The molecule has 0 spiro atoms. The van der Waals surface area contributed by atoms with Crippen LogP contribution < -0.4 is 5.32 Å². The van der Waals surface area contributed by atoms with Gasteiger partial charge in [-0.25, -0.2) is 0 Å². The first-order valence-corrected chi connectivity index (χ1v) is 23.1. The van der Waals surface area contributed by atoms with Crippen molar-refractivity contribution < 1.29 is 22.9 Å². The van der Waals surface area contributed by atoms with Gasteiger partial charge in [-0.1, -0.05) is 199 Å². The van der Waals surface area contributed by atoms with Crippen molar-refractivity contribution in [3.63, 3.8) is 0 Å². The molecule has 0 aliphatic rings. The lowest BCUT2D eigenvalue weighted by atomic mass is 10.0. The van der Waals surface area contributed by atoms with Gasteiger partial charge in [0.25, 0.3) is 10.1 Å². The van der Waals surface area contributed by atoms with Crippen LogP contribution in [0.4, 0.5) is 0 Å². The molecular formula is C43H83NO5S. The van der Waals surface area contributed by atoms with Gasteiger partial charge in [0.1, 0.15) is 0 Å². The Morgan fingerprint density at radius 3 is 1.34 bits per heavy atom. The number of carbonyl (C=O) groups is 1. The van der Waals surface area contributed by atoms with Crippen LogP contribution in [0.15, 0.2) is 24.3 Å². The summed E-state index contributed by atoms with van der Waals surface area (Å²) in [7, 11) is -4.31. The van der Waals surface area contributed by atoms with Crippen LogP contribution in [0.2, 0.25) is 0 Å². The number of amides is 1. The largest absolute Gasteiger partial charge is 0.391 e. The molecule has 0 aromatic rings. The van der Waals surface area contributed by atoms with E-state index in [1.54, 1.807) is 0 Å². The first-order chi connectivity index (χ1) is 24.3. The molecule has 0 aliphatic heterocycles. The molecule has 0 aliphatic carbocycles. The number of hydrogen-bond donors (Lipinski definition) is 3. The highest BCUT2D eigenvalue weighted by Crippen LogP contribution is 2.16. The Bertz CT molecular complexity index is 888. The molecule has 0 bridgehead atoms. The lowest BCUT2D eigenvalue weighted by molar-refractivity contribution is -0.122. The molecule has 0 saturated carbocycles. The maximum Gasteiger partial charge on any atom is 0.266 e.